The molecule has 0 unspecified atom stereocenters. The largest absolute Gasteiger partial charge is 0.478 e. The molecule has 0 amide bonds. The van der Waals surface area contributed by atoms with Crippen molar-refractivity contribution in [2.45, 2.75) is 39.5 Å². The van der Waals surface area contributed by atoms with E-state index in [1.165, 1.54) is 0 Å². The number of aryl methyl sites for hydroxylation is 1. The Morgan fingerprint density at radius 2 is 2.11 bits per heavy atom. The minimum absolute atomic E-state index is 0.260. The van der Waals surface area contributed by atoms with E-state index in [9.17, 15) is 0 Å². The summed E-state index contributed by atoms with van der Waals surface area (Å²) in [6.07, 6.45) is 3.83. The molecule has 1 rings (SSSR count). The first-order valence-corrected chi connectivity index (χ1v) is 6.59. The Bertz CT molecular complexity index is 345. The SMILES string of the molecule is CCCOc1cc(C)nc(NCCCCCO)n1. The van der Waals surface area contributed by atoms with Crippen LogP contribution >= 0.6 is 0 Å². The van der Waals surface area contributed by atoms with Crippen molar-refractivity contribution in [1.82, 2.24) is 9.97 Å². The number of nitrogens with one attached hydrogen (secondary N) is 1. The van der Waals surface area contributed by atoms with Gasteiger partial charge < -0.3 is 15.2 Å². The van der Waals surface area contributed by atoms with Gasteiger partial charge in [-0.2, -0.15) is 4.98 Å². The minimum atomic E-state index is 0.260. The van der Waals surface area contributed by atoms with Crippen molar-refractivity contribution in [3.05, 3.63) is 11.8 Å². The summed E-state index contributed by atoms with van der Waals surface area (Å²) in [6.45, 7) is 5.74. The molecule has 0 aliphatic heterocycles. The van der Waals surface area contributed by atoms with Gasteiger partial charge in [-0.25, -0.2) is 4.98 Å². The molecule has 18 heavy (non-hydrogen) atoms. The highest BCUT2D eigenvalue weighted by atomic mass is 16.5. The van der Waals surface area contributed by atoms with Gasteiger partial charge in [0.25, 0.3) is 0 Å². The van der Waals surface area contributed by atoms with E-state index < -0.39 is 0 Å². The van der Waals surface area contributed by atoms with Crippen LogP contribution in [0.4, 0.5) is 5.95 Å². The molecule has 0 saturated heterocycles. The highest BCUT2D eigenvalue weighted by Crippen LogP contribution is 2.12. The van der Waals surface area contributed by atoms with E-state index in [2.05, 4.69) is 22.2 Å². The normalized spacial score (nSPS) is 10.4. The van der Waals surface area contributed by atoms with Crippen molar-refractivity contribution >= 4 is 5.95 Å². The molecule has 2 N–H and O–H groups in total. The lowest BCUT2D eigenvalue weighted by Gasteiger charge is -2.08. The molecule has 102 valence electrons. The molecular formula is C13H23N3O2. The van der Waals surface area contributed by atoms with Crippen LogP contribution in [0.15, 0.2) is 6.07 Å². The zero-order valence-electron chi connectivity index (χ0n) is 11.3. The van der Waals surface area contributed by atoms with Crippen molar-refractivity contribution < 1.29 is 9.84 Å². The molecular weight excluding hydrogens is 230 g/mol. The highest BCUT2D eigenvalue weighted by molar-refractivity contribution is 5.30. The molecule has 0 bridgehead atoms. The summed E-state index contributed by atoms with van der Waals surface area (Å²) in [4.78, 5) is 8.60. The van der Waals surface area contributed by atoms with Gasteiger partial charge in [0.2, 0.25) is 11.8 Å². The third-order valence-electron chi connectivity index (χ3n) is 2.40. The molecule has 0 radical (unpaired) electrons. The number of rotatable bonds is 9. The first-order valence-electron chi connectivity index (χ1n) is 6.59. The third-order valence-corrected chi connectivity index (χ3v) is 2.40. The van der Waals surface area contributed by atoms with Crippen molar-refractivity contribution in [2.75, 3.05) is 25.1 Å². The Hall–Kier alpha value is -1.36. The van der Waals surface area contributed by atoms with Gasteiger partial charge in [-0.1, -0.05) is 6.92 Å². The van der Waals surface area contributed by atoms with E-state index in [4.69, 9.17) is 9.84 Å². The van der Waals surface area contributed by atoms with Gasteiger partial charge in [0, 0.05) is 24.9 Å². The van der Waals surface area contributed by atoms with E-state index in [-0.39, 0.29) is 6.61 Å². The zero-order valence-corrected chi connectivity index (χ0v) is 11.3. The summed E-state index contributed by atoms with van der Waals surface area (Å²) >= 11 is 0. The summed E-state index contributed by atoms with van der Waals surface area (Å²) in [5.41, 5.74) is 0.897. The molecule has 0 aliphatic rings. The summed E-state index contributed by atoms with van der Waals surface area (Å²) in [5.74, 6) is 1.24. The predicted molar refractivity (Wildman–Crippen MR) is 72.0 cm³/mol. The van der Waals surface area contributed by atoms with Crippen LogP contribution in [0, 0.1) is 6.92 Å². The van der Waals surface area contributed by atoms with Crippen LogP contribution in [-0.2, 0) is 0 Å². The number of anilines is 1. The smallest absolute Gasteiger partial charge is 0.226 e. The van der Waals surface area contributed by atoms with Crippen LogP contribution < -0.4 is 10.1 Å². The van der Waals surface area contributed by atoms with Crippen LogP contribution in [-0.4, -0.2) is 34.8 Å². The van der Waals surface area contributed by atoms with Gasteiger partial charge in [0.05, 0.1) is 6.61 Å². The molecule has 0 atom stereocenters. The third kappa shape index (κ3) is 5.82. The van der Waals surface area contributed by atoms with Crippen molar-refractivity contribution in [3.8, 4) is 5.88 Å². The fraction of sp³-hybridized carbons (Fsp3) is 0.692. The van der Waals surface area contributed by atoms with Crippen LogP contribution in [0.25, 0.3) is 0 Å². The number of aliphatic hydroxyl groups is 1. The number of hydrogen-bond donors (Lipinski definition) is 2. The quantitative estimate of drug-likeness (QED) is 0.660. The van der Waals surface area contributed by atoms with E-state index in [1.54, 1.807) is 0 Å². The summed E-state index contributed by atoms with van der Waals surface area (Å²) in [7, 11) is 0. The maximum Gasteiger partial charge on any atom is 0.226 e. The minimum Gasteiger partial charge on any atom is -0.478 e. The van der Waals surface area contributed by atoms with Gasteiger partial charge in [-0.15, -0.1) is 0 Å². The number of aliphatic hydroxyl groups excluding tert-OH is 1. The number of ether oxygens (including phenoxy) is 1. The molecule has 1 aromatic heterocycles. The summed E-state index contributed by atoms with van der Waals surface area (Å²) in [5, 5.41) is 11.9. The maximum atomic E-state index is 8.68. The fourth-order valence-electron chi connectivity index (χ4n) is 1.51. The van der Waals surface area contributed by atoms with Gasteiger partial charge in [0.1, 0.15) is 0 Å². The van der Waals surface area contributed by atoms with E-state index in [0.717, 1.165) is 37.9 Å². The first kappa shape index (κ1) is 14.7. The van der Waals surface area contributed by atoms with E-state index >= 15 is 0 Å². The summed E-state index contributed by atoms with van der Waals surface area (Å²) in [6, 6.07) is 1.84. The van der Waals surface area contributed by atoms with Crippen LogP contribution in [0.5, 0.6) is 5.88 Å². The molecule has 5 heteroatoms. The number of nitrogens with zero attached hydrogens (tertiary/aromatic N) is 2. The Balaban J connectivity index is 2.41. The van der Waals surface area contributed by atoms with Crippen LogP contribution in [0.3, 0.4) is 0 Å². The molecule has 1 aromatic rings. The summed E-state index contributed by atoms with van der Waals surface area (Å²) < 4.78 is 5.50. The predicted octanol–water partition coefficient (Wildman–Crippen LogP) is 2.15. The van der Waals surface area contributed by atoms with Crippen LogP contribution in [0.1, 0.15) is 38.3 Å². The van der Waals surface area contributed by atoms with Crippen LogP contribution in [0.2, 0.25) is 0 Å². The fourth-order valence-corrected chi connectivity index (χ4v) is 1.51. The number of aromatic nitrogens is 2. The van der Waals surface area contributed by atoms with Gasteiger partial charge in [0.15, 0.2) is 0 Å². The Morgan fingerprint density at radius 3 is 2.83 bits per heavy atom. The molecule has 0 spiro atoms. The monoisotopic (exact) mass is 253 g/mol. The van der Waals surface area contributed by atoms with Crippen molar-refractivity contribution in [3.63, 3.8) is 0 Å². The maximum absolute atomic E-state index is 8.68. The van der Waals surface area contributed by atoms with Gasteiger partial charge >= 0.3 is 0 Å². The molecule has 5 nitrogen and oxygen atoms in total. The molecule has 1 heterocycles. The number of hydrogen-bond acceptors (Lipinski definition) is 5. The number of unbranched alkanes of at least 4 members (excludes halogenated alkanes) is 2. The standard InChI is InChI=1S/C13H23N3O2/c1-3-9-18-12-10-11(2)15-13(16-12)14-7-5-4-6-8-17/h10,17H,3-9H2,1-2H3,(H,14,15,16). The lowest BCUT2D eigenvalue weighted by Crippen LogP contribution is -2.08. The topological polar surface area (TPSA) is 67.3 Å². The second-order valence-electron chi connectivity index (χ2n) is 4.23. The van der Waals surface area contributed by atoms with Crippen molar-refractivity contribution in [1.29, 1.82) is 0 Å². The lowest BCUT2D eigenvalue weighted by molar-refractivity contribution is 0.283. The average molecular weight is 253 g/mol. The molecule has 0 fully saturated rings. The average Bonchev–Trinajstić information content (AvgIpc) is 2.35. The second kappa shape index (κ2) is 8.69. The highest BCUT2D eigenvalue weighted by Gasteiger charge is 2.02. The Morgan fingerprint density at radius 1 is 1.28 bits per heavy atom. The second-order valence-corrected chi connectivity index (χ2v) is 4.23. The van der Waals surface area contributed by atoms with Crippen molar-refractivity contribution in [2.24, 2.45) is 0 Å². The van der Waals surface area contributed by atoms with E-state index in [0.29, 0.717) is 18.4 Å². The first-order chi connectivity index (χ1) is 8.76. The lowest BCUT2D eigenvalue weighted by atomic mass is 10.2. The van der Waals surface area contributed by atoms with Gasteiger partial charge in [-0.3, -0.25) is 0 Å². The van der Waals surface area contributed by atoms with E-state index in [1.807, 2.05) is 13.0 Å². The Labute approximate surface area is 109 Å². The Kier molecular flexibility index (Phi) is 7.10. The zero-order chi connectivity index (χ0) is 13.2. The molecule has 0 aliphatic carbocycles. The van der Waals surface area contributed by atoms with Gasteiger partial charge in [-0.05, 0) is 32.6 Å². The molecule has 0 aromatic carbocycles. The molecule has 0 saturated carbocycles.